The summed E-state index contributed by atoms with van der Waals surface area (Å²) in [5.41, 5.74) is 0.404. The summed E-state index contributed by atoms with van der Waals surface area (Å²) in [6, 6.07) is 2.01. The van der Waals surface area contributed by atoms with Crippen LogP contribution in [0.25, 0.3) is 0 Å². The van der Waals surface area contributed by atoms with E-state index in [1.807, 2.05) is 4.90 Å². The Bertz CT molecular complexity index is 600. The van der Waals surface area contributed by atoms with Crippen LogP contribution in [0.5, 0.6) is 0 Å². The molecular weight excluding hydrogens is 308 g/mol. The molecule has 104 valence electrons. The van der Waals surface area contributed by atoms with Crippen LogP contribution in [0.2, 0.25) is 5.15 Å². The van der Waals surface area contributed by atoms with Gasteiger partial charge in [-0.2, -0.15) is 9.64 Å². The topological polar surface area (TPSA) is 86.1 Å². The lowest BCUT2D eigenvalue weighted by Crippen LogP contribution is -2.44. The third kappa shape index (κ3) is 3.57. The number of nitrogens with zero attached hydrogens (tertiary/aromatic N) is 3. The maximum atomic E-state index is 11.2. The number of sulfonamides is 1. The molecule has 1 fully saturated rings. The molecule has 9 heteroatoms. The molecule has 1 N–H and O–H groups in total. The second-order valence-electron chi connectivity index (χ2n) is 4.42. The van der Waals surface area contributed by atoms with E-state index in [1.165, 1.54) is 11.5 Å². The van der Waals surface area contributed by atoms with E-state index in [0.29, 0.717) is 31.5 Å². The van der Waals surface area contributed by atoms with Gasteiger partial charge >= 0.3 is 0 Å². The van der Waals surface area contributed by atoms with Crippen LogP contribution in [-0.2, 0) is 10.0 Å². The maximum Gasteiger partial charge on any atom is 0.208 e. The number of nitrogens with one attached hydrogen (secondary N) is 1. The number of rotatable bonds is 3. The Labute approximate surface area is 121 Å². The number of anilines is 1. The van der Waals surface area contributed by atoms with E-state index < -0.39 is 10.0 Å². The summed E-state index contributed by atoms with van der Waals surface area (Å²) in [6.45, 7) is 1.36. The Morgan fingerprint density at radius 3 is 2.68 bits per heavy atom. The van der Waals surface area contributed by atoms with E-state index in [0.717, 1.165) is 11.3 Å². The van der Waals surface area contributed by atoms with Gasteiger partial charge in [-0.1, -0.05) is 11.6 Å². The van der Waals surface area contributed by atoms with Crippen LogP contribution in [0, 0.1) is 11.3 Å². The van der Waals surface area contributed by atoms with E-state index in [-0.39, 0.29) is 11.2 Å². The van der Waals surface area contributed by atoms with Crippen molar-refractivity contribution < 1.29 is 8.42 Å². The molecule has 1 aromatic rings. The van der Waals surface area contributed by atoms with Gasteiger partial charge < -0.3 is 4.90 Å². The summed E-state index contributed by atoms with van der Waals surface area (Å²) >= 11 is 7.04. The van der Waals surface area contributed by atoms with E-state index >= 15 is 0 Å². The third-order valence-electron chi connectivity index (χ3n) is 2.91. The predicted octanol–water partition coefficient (Wildman–Crippen LogP) is 1.19. The summed E-state index contributed by atoms with van der Waals surface area (Å²) in [4.78, 5) is 2.03. The molecule has 1 aliphatic heterocycles. The molecule has 0 unspecified atom stereocenters. The zero-order chi connectivity index (χ0) is 14.0. The van der Waals surface area contributed by atoms with E-state index in [4.69, 9.17) is 16.9 Å². The molecule has 2 rings (SSSR count). The van der Waals surface area contributed by atoms with Gasteiger partial charge in [-0.05, 0) is 24.4 Å². The van der Waals surface area contributed by atoms with E-state index in [9.17, 15) is 8.42 Å². The third-order valence-corrected chi connectivity index (χ3v) is 4.95. The SMILES string of the molecule is CS(=O)(=O)NC1CCN(c2snc(Cl)c2C#N)CC1. The van der Waals surface area contributed by atoms with Crippen LogP contribution in [0.1, 0.15) is 18.4 Å². The fourth-order valence-corrected chi connectivity index (χ4v) is 4.00. The van der Waals surface area contributed by atoms with Crippen molar-refractivity contribution >= 4 is 38.2 Å². The van der Waals surface area contributed by atoms with Gasteiger partial charge in [-0.15, -0.1) is 0 Å². The summed E-state index contributed by atoms with van der Waals surface area (Å²) in [6.07, 6.45) is 2.57. The smallest absolute Gasteiger partial charge is 0.208 e. The molecule has 0 spiro atoms. The Balaban J connectivity index is 2.02. The monoisotopic (exact) mass is 320 g/mol. The Morgan fingerprint density at radius 2 is 2.16 bits per heavy atom. The molecule has 0 atom stereocenters. The molecule has 2 heterocycles. The number of hydrogen-bond donors (Lipinski definition) is 1. The van der Waals surface area contributed by atoms with Crippen molar-refractivity contribution in [2.75, 3.05) is 24.2 Å². The average molecular weight is 321 g/mol. The molecule has 1 aromatic heterocycles. The predicted molar refractivity (Wildman–Crippen MR) is 75.1 cm³/mol. The van der Waals surface area contributed by atoms with Crippen LogP contribution in [-0.4, -0.2) is 38.2 Å². The van der Waals surface area contributed by atoms with Gasteiger partial charge in [-0.3, -0.25) is 0 Å². The molecule has 0 aromatic carbocycles. The fourth-order valence-electron chi connectivity index (χ4n) is 2.08. The first-order chi connectivity index (χ1) is 8.90. The van der Waals surface area contributed by atoms with Gasteiger partial charge in [0, 0.05) is 19.1 Å². The minimum Gasteiger partial charge on any atom is -0.361 e. The number of aromatic nitrogens is 1. The minimum atomic E-state index is -3.17. The first-order valence-corrected chi connectivity index (χ1v) is 8.72. The molecule has 19 heavy (non-hydrogen) atoms. The second-order valence-corrected chi connectivity index (χ2v) is 7.31. The molecule has 0 aliphatic carbocycles. The molecule has 0 radical (unpaired) electrons. The van der Waals surface area contributed by atoms with E-state index in [2.05, 4.69) is 15.2 Å². The zero-order valence-electron chi connectivity index (χ0n) is 10.3. The van der Waals surface area contributed by atoms with Crippen LogP contribution in [0.3, 0.4) is 0 Å². The summed E-state index contributed by atoms with van der Waals surface area (Å²) in [7, 11) is -3.17. The van der Waals surface area contributed by atoms with Crippen LogP contribution < -0.4 is 9.62 Å². The summed E-state index contributed by atoms with van der Waals surface area (Å²) in [5, 5.41) is 10.0. The first kappa shape index (κ1) is 14.5. The van der Waals surface area contributed by atoms with Crippen LogP contribution in [0.15, 0.2) is 0 Å². The molecule has 1 saturated heterocycles. The van der Waals surface area contributed by atoms with Crippen molar-refractivity contribution in [1.29, 1.82) is 5.26 Å². The zero-order valence-corrected chi connectivity index (χ0v) is 12.6. The van der Waals surface area contributed by atoms with Crippen molar-refractivity contribution in [2.24, 2.45) is 0 Å². The maximum absolute atomic E-state index is 11.2. The molecular formula is C10H13ClN4O2S2. The average Bonchev–Trinajstić information content (AvgIpc) is 2.69. The Kier molecular flexibility index (Phi) is 4.30. The standard InChI is InChI=1S/C10H13ClN4O2S2/c1-19(16,17)14-7-2-4-15(5-3-7)10-8(6-12)9(11)13-18-10/h7,14H,2-5H2,1H3. The van der Waals surface area contributed by atoms with Crippen molar-refractivity contribution in [3.05, 3.63) is 10.7 Å². The molecule has 0 bridgehead atoms. The number of halogens is 1. The molecule has 0 amide bonds. The fraction of sp³-hybridized carbons (Fsp3) is 0.600. The quantitative estimate of drug-likeness (QED) is 0.904. The lowest BCUT2D eigenvalue weighted by Gasteiger charge is -2.32. The van der Waals surface area contributed by atoms with Crippen molar-refractivity contribution in [2.45, 2.75) is 18.9 Å². The van der Waals surface area contributed by atoms with Crippen LogP contribution >= 0.6 is 23.1 Å². The van der Waals surface area contributed by atoms with Gasteiger partial charge in [0.05, 0.1) is 6.26 Å². The van der Waals surface area contributed by atoms with Crippen molar-refractivity contribution in [3.8, 4) is 6.07 Å². The normalized spacial score (nSPS) is 17.4. The van der Waals surface area contributed by atoms with Gasteiger partial charge in [-0.25, -0.2) is 13.1 Å². The summed E-state index contributed by atoms with van der Waals surface area (Å²) < 4.78 is 28.9. The van der Waals surface area contributed by atoms with E-state index in [1.54, 1.807) is 0 Å². The number of nitriles is 1. The van der Waals surface area contributed by atoms with Gasteiger partial charge in [0.25, 0.3) is 0 Å². The molecule has 1 aliphatic rings. The lowest BCUT2D eigenvalue weighted by atomic mass is 10.1. The Hall–Kier alpha value is -0.880. The Morgan fingerprint density at radius 1 is 1.53 bits per heavy atom. The van der Waals surface area contributed by atoms with Gasteiger partial charge in [0.2, 0.25) is 10.0 Å². The van der Waals surface area contributed by atoms with Crippen LogP contribution in [0.4, 0.5) is 5.00 Å². The highest BCUT2D eigenvalue weighted by atomic mass is 35.5. The molecule has 6 nitrogen and oxygen atoms in total. The largest absolute Gasteiger partial charge is 0.361 e. The van der Waals surface area contributed by atoms with Crippen molar-refractivity contribution in [3.63, 3.8) is 0 Å². The first-order valence-electron chi connectivity index (χ1n) is 5.68. The highest BCUT2D eigenvalue weighted by Crippen LogP contribution is 2.32. The van der Waals surface area contributed by atoms with Crippen molar-refractivity contribution in [1.82, 2.24) is 9.10 Å². The summed E-state index contributed by atoms with van der Waals surface area (Å²) in [5.74, 6) is 0. The second kappa shape index (κ2) is 5.63. The molecule has 0 saturated carbocycles. The highest BCUT2D eigenvalue weighted by Gasteiger charge is 2.25. The highest BCUT2D eigenvalue weighted by molar-refractivity contribution is 7.88. The lowest BCUT2D eigenvalue weighted by molar-refractivity contribution is 0.463. The minimum absolute atomic E-state index is 0.0415. The number of hydrogen-bond acceptors (Lipinski definition) is 6. The van der Waals surface area contributed by atoms with Gasteiger partial charge in [0.1, 0.15) is 16.6 Å². The number of piperidine rings is 1. The van der Waals surface area contributed by atoms with Gasteiger partial charge in [0.15, 0.2) is 5.15 Å².